The summed E-state index contributed by atoms with van der Waals surface area (Å²) in [6.45, 7) is 0. The maximum absolute atomic E-state index is 13.1. The number of nitrogens with zero attached hydrogens (tertiary/aromatic N) is 4. The lowest BCUT2D eigenvalue weighted by atomic mass is 10.1. The molecular formula is C16H12ClF3N6OS. The first-order valence-electron chi connectivity index (χ1n) is 7.67. The summed E-state index contributed by atoms with van der Waals surface area (Å²) in [6, 6.07) is 8.27. The zero-order chi connectivity index (χ0) is 20.3. The number of carbonyl (C=O) groups is 1. The van der Waals surface area contributed by atoms with Crippen LogP contribution in [0, 0.1) is 0 Å². The lowest BCUT2D eigenvalue weighted by Gasteiger charge is -2.14. The molecule has 0 spiro atoms. The van der Waals surface area contributed by atoms with E-state index in [1.807, 2.05) is 0 Å². The standard InChI is InChI=1S/C16H12ClF3N6OS/c17-9-4-5-11(10(7-9)16(18,19)20)23-13(27)8-28-15-25-24-14(26(15)21)12-3-1-2-6-22-12/h1-7H,8,21H2,(H,23,27). The van der Waals surface area contributed by atoms with Crippen LogP contribution in [0.3, 0.4) is 0 Å². The lowest BCUT2D eigenvalue weighted by Crippen LogP contribution is -2.19. The van der Waals surface area contributed by atoms with Gasteiger partial charge in [-0.05, 0) is 30.3 Å². The Hall–Kier alpha value is -2.79. The van der Waals surface area contributed by atoms with Crippen molar-refractivity contribution < 1.29 is 18.0 Å². The van der Waals surface area contributed by atoms with Gasteiger partial charge in [0.05, 0.1) is 17.0 Å². The van der Waals surface area contributed by atoms with Gasteiger partial charge in [-0.25, -0.2) is 4.68 Å². The Morgan fingerprint density at radius 1 is 1.25 bits per heavy atom. The van der Waals surface area contributed by atoms with Gasteiger partial charge >= 0.3 is 6.18 Å². The molecule has 0 atom stereocenters. The number of thioether (sulfide) groups is 1. The van der Waals surface area contributed by atoms with Gasteiger partial charge in [0.25, 0.3) is 0 Å². The van der Waals surface area contributed by atoms with E-state index in [0.717, 1.165) is 28.6 Å². The van der Waals surface area contributed by atoms with E-state index in [9.17, 15) is 18.0 Å². The molecule has 28 heavy (non-hydrogen) atoms. The minimum atomic E-state index is -4.66. The minimum Gasteiger partial charge on any atom is -0.335 e. The van der Waals surface area contributed by atoms with Crippen molar-refractivity contribution in [3.8, 4) is 11.5 Å². The first-order chi connectivity index (χ1) is 13.3. The van der Waals surface area contributed by atoms with Crippen molar-refractivity contribution in [3.05, 3.63) is 53.2 Å². The molecule has 2 heterocycles. The number of pyridine rings is 1. The van der Waals surface area contributed by atoms with E-state index in [1.54, 1.807) is 24.4 Å². The van der Waals surface area contributed by atoms with Gasteiger partial charge in [-0.3, -0.25) is 9.78 Å². The quantitative estimate of drug-likeness (QED) is 0.477. The summed E-state index contributed by atoms with van der Waals surface area (Å²) in [5.41, 5.74) is -0.923. The summed E-state index contributed by atoms with van der Waals surface area (Å²) in [6.07, 6.45) is -3.09. The molecule has 0 aliphatic heterocycles. The minimum absolute atomic E-state index is 0.0852. The highest BCUT2D eigenvalue weighted by atomic mass is 35.5. The van der Waals surface area contributed by atoms with Crippen molar-refractivity contribution in [2.24, 2.45) is 0 Å². The van der Waals surface area contributed by atoms with Gasteiger partial charge in [-0.2, -0.15) is 13.2 Å². The van der Waals surface area contributed by atoms with E-state index in [1.165, 1.54) is 6.07 Å². The second kappa shape index (κ2) is 8.07. The van der Waals surface area contributed by atoms with Gasteiger partial charge in [0.1, 0.15) is 5.69 Å². The number of amides is 1. The molecule has 0 unspecified atom stereocenters. The lowest BCUT2D eigenvalue weighted by molar-refractivity contribution is -0.137. The summed E-state index contributed by atoms with van der Waals surface area (Å²) < 4.78 is 40.4. The third kappa shape index (κ3) is 4.54. The fourth-order valence-electron chi connectivity index (χ4n) is 2.22. The SMILES string of the molecule is Nn1c(SCC(=O)Nc2ccc(Cl)cc2C(F)(F)F)nnc1-c1ccccn1. The predicted octanol–water partition coefficient (Wildman–Crippen LogP) is 3.46. The summed E-state index contributed by atoms with van der Waals surface area (Å²) >= 11 is 6.54. The van der Waals surface area contributed by atoms with Crippen molar-refractivity contribution in [2.75, 3.05) is 16.9 Å². The first kappa shape index (κ1) is 20.0. The number of aromatic nitrogens is 4. The molecule has 1 amide bonds. The Morgan fingerprint density at radius 3 is 2.71 bits per heavy atom. The Kier molecular flexibility index (Phi) is 5.75. The van der Waals surface area contributed by atoms with Crippen LogP contribution in [-0.2, 0) is 11.0 Å². The molecular weight excluding hydrogens is 417 g/mol. The van der Waals surface area contributed by atoms with Crippen LogP contribution in [0.2, 0.25) is 5.02 Å². The van der Waals surface area contributed by atoms with Crippen LogP contribution < -0.4 is 11.2 Å². The molecule has 0 aliphatic carbocycles. The number of hydrogen-bond donors (Lipinski definition) is 2. The molecule has 0 aliphatic rings. The normalized spacial score (nSPS) is 11.4. The topological polar surface area (TPSA) is 98.7 Å². The van der Waals surface area contributed by atoms with Crippen LogP contribution in [-0.4, -0.2) is 31.5 Å². The number of carbonyl (C=O) groups excluding carboxylic acids is 1. The number of hydrogen-bond acceptors (Lipinski definition) is 6. The van der Waals surface area contributed by atoms with Crippen molar-refractivity contribution in [2.45, 2.75) is 11.3 Å². The molecule has 12 heteroatoms. The van der Waals surface area contributed by atoms with Crippen molar-refractivity contribution >= 4 is 35.0 Å². The number of rotatable bonds is 5. The van der Waals surface area contributed by atoms with E-state index < -0.39 is 17.6 Å². The van der Waals surface area contributed by atoms with Crippen molar-refractivity contribution in [1.29, 1.82) is 0 Å². The van der Waals surface area contributed by atoms with Crippen LogP contribution in [0.1, 0.15) is 5.56 Å². The molecule has 0 radical (unpaired) electrons. The molecule has 0 saturated heterocycles. The number of nitrogens with two attached hydrogens (primary N) is 1. The number of halogens is 4. The number of alkyl halides is 3. The van der Waals surface area contributed by atoms with Gasteiger partial charge in [-0.15, -0.1) is 10.2 Å². The molecule has 146 valence electrons. The monoisotopic (exact) mass is 428 g/mol. The van der Waals surface area contributed by atoms with Gasteiger partial charge < -0.3 is 11.2 Å². The maximum atomic E-state index is 13.1. The van der Waals surface area contributed by atoms with E-state index in [4.69, 9.17) is 17.4 Å². The maximum Gasteiger partial charge on any atom is 0.418 e. The Labute approximate surface area is 166 Å². The first-order valence-corrected chi connectivity index (χ1v) is 9.03. The van der Waals surface area contributed by atoms with Gasteiger partial charge in [0, 0.05) is 11.2 Å². The van der Waals surface area contributed by atoms with Crippen molar-refractivity contribution in [3.63, 3.8) is 0 Å². The van der Waals surface area contributed by atoms with Gasteiger partial charge in [-0.1, -0.05) is 29.4 Å². The van der Waals surface area contributed by atoms with Gasteiger partial charge in [0.15, 0.2) is 0 Å². The average Bonchev–Trinajstić information content (AvgIpc) is 3.02. The number of nitrogens with one attached hydrogen (secondary N) is 1. The van der Waals surface area contributed by atoms with E-state index in [0.29, 0.717) is 11.5 Å². The highest BCUT2D eigenvalue weighted by Gasteiger charge is 2.34. The smallest absolute Gasteiger partial charge is 0.335 e. The molecule has 2 aromatic heterocycles. The van der Waals surface area contributed by atoms with Crippen molar-refractivity contribution in [1.82, 2.24) is 19.9 Å². The van der Waals surface area contributed by atoms with E-state index in [-0.39, 0.29) is 21.6 Å². The zero-order valence-electron chi connectivity index (χ0n) is 13.9. The highest BCUT2D eigenvalue weighted by molar-refractivity contribution is 7.99. The van der Waals surface area contributed by atoms with Crippen LogP contribution in [0.25, 0.3) is 11.5 Å². The summed E-state index contributed by atoms with van der Waals surface area (Å²) in [5.74, 6) is 5.31. The summed E-state index contributed by atoms with van der Waals surface area (Å²) in [5, 5.41) is 10.1. The summed E-state index contributed by atoms with van der Waals surface area (Å²) in [4.78, 5) is 16.2. The van der Waals surface area contributed by atoms with E-state index >= 15 is 0 Å². The molecule has 3 N–H and O–H groups in total. The fourth-order valence-corrected chi connectivity index (χ4v) is 3.05. The zero-order valence-corrected chi connectivity index (χ0v) is 15.5. The Bertz CT molecular complexity index is 996. The molecule has 0 saturated carbocycles. The molecule has 1 aromatic carbocycles. The highest BCUT2D eigenvalue weighted by Crippen LogP contribution is 2.36. The molecule has 3 rings (SSSR count). The molecule has 3 aromatic rings. The fraction of sp³-hybridized carbons (Fsp3) is 0.125. The number of anilines is 1. The van der Waals surface area contributed by atoms with Gasteiger partial charge in [0.2, 0.25) is 16.9 Å². The predicted molar refractivity (Wildman–Crippen MR) is 99.2 cm³/mol. The van der Waals surface area contributed by atoms with Crippen LogP contribution in [0.15, 0.2) is 47.8 Å². The molecule has 0 bridgehead atoms. The third-order valence-electron chi connectivity index (χ3n) is 3.45. The molecule has 7 nitrogen and oxygen atoms in total. The summed E-state index contributed by atoms with van der Waals surface area (Å²) in [7, 11) is 0. The number of nitrogen functional groups attached to an aromatic ring is 1. The Balaban J connectivity index is 1.69. The average molecular weight is 429 g/mol. The Morgan fingerprint density at radius 2 is 2.04 bits per heavy atom. The van der Waals surface area contributed by atoms with Crippen LogP contribution in [0.5, 0.6) is 0 Å². The third-order valence-corrected chi connectivity index (χ3v) is 4.63. The second-order valence-electron chi connectivity index (χ2n) is 5.42. The van der Waals surface area contributed by atoms with Crippen LogP contribution in [0.4, 0.5) is 18.9 Å². The van der Waals surface area contributed by atoms with E-state index in [2.05, 4.69) is 20.5 Å². The van der Waals surface area contributed by atoms with Crippen LogP contribution >= 0.6 is 23.4 Å². The second-order valence-corrected chi connectivity index (χ2v) is 6.79. The molecule has 0 fully saturated rings. The largest absolute Gasteiger partial charge is 0.418 e. The number of benzene rings is 1.